The lowest BCUT2D eigenvalue weighted by Gasteiger charge is -2.53. The Hall–Kier alpha value is -2.66. The highest BCUT2D eigenvalue weighted by molar-refractivity contribution is 5.90. The van der Waals surface area contributed by atoms with Gasteiger partial charge in [0.05, 0.1) is 12.5 Å². The van der Waals surface area contributed by atoms with Crippen LogP contribution in [0.25, 0.3) is 0 Å². The first-order valence-corrected chi connectivity index (χ1v) is 12.2. The number of carbonyl (C=O) groups is 2. The van der Waals surface area contributed by atoms with Gasteiger partial charge in [0.15, 0.2) is 0 Å². The van der Waals surface area contributed by atoms with Crippen molar-refractivity contribution < 1.29 is 24.2 Å². The maximum Gasteiger partial charge on any atom is 0.313 e. The van der Waals surface area contributed by atoms with Gasteiger partial charge in [0, 0.05) is 11.8 Å². The molecular formula is C28H32O5. The van der Waals surface area contributed by atoms with Gasteiger partial charge in [0.1, 0.15) is 18.1 Å². The molecule has 4 atom stereocenters. The molecule has 4 aliphatic rings. The number of carbonyl (C=O) groups excluding carboxylic acids is 2. The Morgan fingerprint density at radius 1 is 1.03 bits per heavy atom. The molecule has 5 nitrogen and oxygen atoms in total. The van der Waals surface area contributed by atoms with E-state index < -0.39 is 35.5 Å². The first-order chi connectivity index (χ1) is 16.0. The molecule has 174 valence electrons. The number of hydrogen-bond donors (Lipinski definition) is 1. The number of rotatable bonds is 7. The Kier molecular flexibility index (Phi) is 5.77. The zero-order valence-corrected chi connectivity index (χ0v) is 19.3. The number of methoxy groups -OCH3 is 1. The smallest absolute Gasteiger partial charge is 0.313 e. The van der Waals surface area contributed by atoms with Crippen LogP contribution in [0, 0.1) is 11.3 Å². The van der Waals surface area contributed by atoms with E-state index in [9.17, 15) is 14.7 Å². The zero-order valence-electron chi connectivity index (χ0n) is 19.3. The van der Waals surface area contributed by atoms with Gasteiger partial charge in [-0.1, -0.05) is 74.7 Å². The molecule has 1 aliphatic heterocycles. The van der Waals surface area contributed by atoms with Crippen molar-refractivity contribution in [2.45, 2.75) is 69.5 Å². The standard InChI is InChI=1S/C28H32O5/c1-3-4-5-6-15-22-25(29)24(26(30)33-22)28(27(31)32-2)16-21-17-11-7-9-13-19(17)23(28)20-14-10-8-12-18(20)21/h7-14,21-25,29H,3-6,15-16H2,1-2H3/t21?,22-,23?,24?,25+,28-/m1/s1. The van der Waals surface area contributed by atoms with E-state index in [0.29, 0.717) is 12.8 Å². The Balaban J connectivity index is 1.60. The minimum atomic E-state index is -1.20. The fourth-order valence-electron chi connectivity index (χ4n) is 6.74. The Morgan fingerprint density at radius 2 is 1.64 bits per heavy atom. The highest BCUT2D eigenvalue weighted by Crippen LogP contribution is 2.65. The molecule has 1 unspecified atom stereocenters. The molecular weight excluding hydrogens is 416 g/mol. The molecule has 1 heterocycles. The van der Waals surface area contributed by atoms with Crippen molar-refractivity contribution in [3.05, 3.63) is 70.8 Å². The molecule has 1 fully saturated rings. The highest BCUT2D eigenvalue weighted by Gasteiger charge is 2.67. The van der Waals surface area contributed by atoms with Crippen molar-refractivity contribution in [1.82, 2.24) is 0 Å². The second-order valence-corrected chi connectivity index (χ2v) is 9.77. The van der Waals surface area contributed by atoms with Gasteiger partial charge >= 0.3 is 11.9 Å². The topological polar surface area (TPSA) is 72.8 Å². The number of hydrogen-bond acceptors (Lipinski definition) is 5. The molecule has 1 N–H and O–H groups in total. The minimum absolute atomic E-state index is 0.0369. The summed E-state index contributed by atoms with van der Waals surface area (Å²) in [7, 11) is 1.37. The number of ether oxygens (including phenoxy) is 2. The lowest BCUT2D eigenvalue weighted by Crippen LogP contribution is -2.55. The summed E-state index contributed by atoms with van der Waals surface area (Å²) in [5.74, 6) is -2.26. The van der Waals surface area contributed by atoms with E-state index in [2.05, 4.69) is 31.2 Å². The zero-order chi connectivity index (χ0) is 23.2. The average Bonchev–Trinajstić information content (AvgIpc) is 3.14. The lowest BCUT2D eigenvalue weighted by molar-refractivity contribution is -0.168. The van der Waals surface area contributed by atoms with E-state index in [1.54, 1.807) is 0 Å². The monoisotopic (exact) mass is 448 g/mol. The van der Waals surface area contributed by atoms with Gasteiger partial charge in [-0.3, -0.25) is 9.59 Å². The molecule has 2 aromatic carbocycles. The molecule has 3 aliphatic carbocycles. The predicted molar refractivity (Wildman–Crippen MR) is 124 cm³/mol. The van der Waals surface area contributed by atoms with Gasteiger partial charge in [-0.2, -0.15) is 0 Å². The fourth-order valence-corrected chi connectivity index (χ4v) is 6.74. The summed E-state index contributed by atoms with van der Waals surface area (Å²) >= 11 is 0. The summed E-state index contributed by atoms with van der Waals surface area (Å²) in [5, 5.41) is 11.4. The quantitative estimate of drug-likeness (QED) is 0.491. The maximum absolute atomic E-state index is 13.6. The molecule has 5 heteroatoms. The normalized spacial score (nSPS) is 31.6. The third kappa shape index (κ3) is 3.23. The van der Waals surface area contributed by atoms with Gasteiger partial charge in [-0.15, -0.1) is 0 Å². The number of aliphatic hydroxyl groups excluding tert-OH is 1. The molecule has 2 aromatic rings. The van der Waals surface area contributed by atoms with Crippen LogP contribution < -0.4 is 0 Å². The molecule has 0 saturated carbocycles. The Labute approximate surface area is 195 Å². The molecule has 6 rings (SSSR count). The third-order valence-electron chi connectivity index (χ3n) is 8.13. The van der Waals surface area contributed by atoms with Crippen LogP contribution in [-0.4, -0.2) is 36.4 Å². The Morgan fingerprint density at radius 3 is 2.21 bits per heavy atom. The molecule has 1 saturated heterocycles. The van der Waals surface area contributed by atoms with Crippen molar-refractivity contribution in [3.8, 4) is 0 Å². The van der Waals surface area contributed by atoms with Crippen LogP contribution in [0.1, 0.15) is 79.5 Å². The summed E-state index contributed by atoms with van der Waals surface area (Å²) in [5.41, 5.74) is 3.28. The van der Waals surface area contributed by atoms with Gasteiger partial charge in [-0.25, -0.2) is 0 Å². The second-order valence-electron chi connectivity index (χ2n) is 9.77. The van der Waals surface area contributed by atoms with Gasteiger partial charge in [0.2, 0.25) is 0 Å². The summed E-state index contributed by atoms with van der Waals surface area (Å²) in [6.07, 6.45) is 3.59. The van der Waals surface area contributed by atoms with Gasteiger partial charge in [-0.05, 0) is 41.5 Å². The predicted octanol–water partition coefficient (Wildman–Crippen LogP) is 4.70. The van der Waals surface area contributed by atoms with E-state index in [-0.39, 0.29) is 11.8 Å². The average molecular weight is 449 g/mol. The Bertz CT molecular complexity index is 1010. The van der Waals surface area contributed by atoms with Crippen molar-refractivity contribution in [2.75, 3.05) is 7.11 Å². The summed E-state index contributed by atoms with van der Waals surface area (Å²) < 4.78 is 11.1. The van der Waals surface area contributed by atoms with E-state index in [1.165, 1.54) is 18.2 Å². The van der Waals surface area contributed by atoms with Gasteiger partial charge in [0.25, 0.3) is 0 Å². The number of benzene rings is 2. The van der Waals surface area contributed by atoms with Crippen molar-refractivity contribution in [1.29, 1.82) is 0 Å². The van der Waals surface area contributed by atoms with Crippen LogP contribution in [0.15, 0.2) is 48.5 Å². The van der Waals surface area contributed by atoms with E-state index in [1.807, 2.05) is 24.3 Å². The summed E-state index contributed by atoms with van der Waals surface area (Å²) in [4.78, 5) is 27.0. The van der Waals surface area contributed by atoms with Crippen LogP contribution in [0.3, 0.4) is 0 Å². The van der Waals surface area contributed by atoms with E-state index in [0.717, 1.165) is 36.8 Å². The van der Waals surface area contributed by atoms with E-state index in [4.69, 9.17) is 9.47 Å². The third-order valence-corrected chi connectivity index (χ3v) is 8.13. The number of fused-ring (bicyclic) bond motifs is 1. The first kappa shape index (κ1) is 22.1. The van der Waals surface area contributed by atoms with E-state index >= 15 is 0 Å². The SMILES string of the molecule is CCCCCC[C@H]1OC(=O)C([C@@]2(C(=O)OC)CC3c4ccccc4C2c2ccccc23)[C@H]1O. The number of cyclic esters (lactones) is 1. The maximum atomic E-state index is 13.6. The van der Waals surface area contributed by atoms with Crippen LogP contribution >= 0.6 is 0 Å². The lowest BCUT2D eigenvalue weighted by atomic mass is 9.48. The molecule has 33 heavy (non-hydrogen) atoms. The second kappa shape index (κ2) is 8.60. The molecule has 0 amide bonds. The number of aliphatic hydroxyl groups is 1. The molecule has 0 aromatic heterocycles. The highest BCUT2D eigenvalue weighted by atomic mass is 16.6. The molecule has 0 radical (unpaired) electrons. The van der Waals surface area contributed by atoms with Crippen molar-refractivity contribution in [2.24, 2.45) is 11.3 Å². The van der Waals surface area contributed by atoms with Gasteiger partial charge < -0.3 is 14.6 Å². The molecule has 2 bridgehead atoms. The number of esters is 2. The fraction of sp³-hybridized carbons (Fsp3) is 0.500. The minimum Gasteiger partial charge on any atom is -0.469 e. The van der Waals surface area contributed by atoms with Crippen LogP contribution in [0.5, 0.6) is 0 Å². The molecule has 0 spiro atoms. The summed E-state index contributed by atoms with van der Waals surface area (Å²) in [6.45, 7) is 2.15. The van der Waals surface area contributed by atoms with Crippen molar-refractivity contribution >= 4 is 11.9 Å². The van der Waals surface area contributed by atoms with Crippen LogP contribution in [0.4, 0.5) is 0 Å². The number of unbranched alkanes of at least 4 members (excludes halogenated alkanes) is 3. The summed E-state index contributed by atoms with van der Waals surface area (Å²) in [6, 6.07) is 16.3. The first-order valence-electron chi connectivity index (χ1n) is 12.2. The largest absolute Gasteiger partial charge is 0.469 e. The van der Waals surface area contributed by atoms with Crippen molar-refractivity contribution in [3.63, 3.8) is 0 Å². The van der Waals surface area contributed by atoms with Crippen LogP contribution in [0.2, 0.25) is 0 Å². The van der Waals surface area contributed by atoms with Crippen LogP contribution in [-0.2, 0) is 19.1 Å².